The van der Waals surface area contributed by atoms with Gasteiger partial charge in [0.05, 0.1) is 5.56 Å². The average Bonchev–Trinajstić information content (AvgIpc) is 2.93. The number of alkyl halides is 3. The molecule has 1 aromatic heterocycles. The molecule has 0 atom stereocenters. The Kier molecular flexibility index (Phi) is 11.1. The minimum Gasteiger partial charge on any atom is -0.478 e. The summed E-state index contributed by atoms with van der Waals surface area (Å²) >= 11 is 0. The Hall–Kier alpha value is -4.61. The summed E-state index contributed by atoms with van der Waals surface area (Å²) < 4.78 is 38.5. The third-order valence-corrected chi connectivity index (χ3v) is 6.32. The molecular weight excluding hydrogens is 551 g/mol. The van der Waals surface area contributed by atoms with E-state index >= 15 is 0 Å². The van der Waals surface area contributed by atoms with Crippen molar-refractivity contribution in [3.8, 4) is 11.8 Å². The second-order valence-corrected chi connectivity index (χ2v) is 11.1. The van der Waals surface area contributed by atoms with E-state index in [4.69, 9.17) is 5.11 Å². The number of benzene rings is 3. The van der Waals surface area contributed by atoms with Gasteiger partial charge in [-0.2, -0.15) is 13.2 Å². The molecule has 0 radical (unpaired) electrons. The average molecular weight is 588 g/mol. The van der Waals surface area contributed by atoms with E-state index in [1.54, 1.807) is 0 Å². The molecule has 1 heterocycles. The van der Waals surface area contributed by atoms with Crippen LogP contribution in [0.4, 0.5) is 24.7 Å². The highest BCUT2D eigenvalue weighted by Gasteiger charge is 2.33. The molecule has 0 spiro atoms. The van der Waals surface area contributed by atoms with Gasteiger partial charge in [0.15, 0.2) is 0 Å². The van der Waals surface area contributed by atoms with Gasteiger partial charge < -0.3 is 10.4 Å². The molecule has 2 N–H and O–H groups in total. The molecule has 5 nitrogen and oxygen atoms in total. The maximum atomic E-state index is 12.8. The van der Waals surface area contributed by atoms with Crippen molar-refractivity contribution < 1.29 is 23.1 Å². The van der Waals surface area contributed by atoms with Crippen LogP contribution in [0.15, 0.2) is 91.1 Å². The van der Waals surface area contributed by atoms with Crippen LogP contribution in [0.2, 0.25) is 0 Å². The fourth-order valence-electron chi connectivity index (χ4n) is 4.22. The van der Waals surface area contributed by atoms with Crippen molar-refractivity contribution in [2.75, 3.05) is 18.9 Å². The summed E-state index contributed by atoms with van der Waals surface area (Å²) in [5, 5.41) is 14.3. The summed E-state index contributed by atoms with van der Waals surface area (Å²) in [6, 6.07) is 21.5. The van der Waals surface area contributed by atoms with Gasteiger partial charge >= 0.3 is 12.1 Å². The predicted octanol–water partition coefficient (Wildman–Crippen LogP) is 8.73. The van der Waals surface area contributed by atoms with Gasteiger partial charge in [-0.05, 0) is 87.0 Å². The lowest BCUT2D eigenvalue weighted by atomic mass is 9.98. The smallest absolute Gasteiger partial charge is 0.416 e. The molecule has 43 heavy (non-hydrogen) atoms. The topological polar surface area (TPSA) is 65.5 Å². The van der Waals surface area contributed by atoms with E-state index in [9.17, 15) is 18.0 Å². The van der Waals surface area contributed by atoms with Gasteiger partial charge in [-0.15, -0.1) is 0 Å². The molecule has 3 aromatic carbocycles. The molecule has 4 aromatic rings. The monoisotopic (exact) mass is 587 g/mol. The van der Waals surface area contributed by atoms with Crippen LogP contribution in [-0.4, -0.2) is 34.6 Å². The number of carboxylic acid groups (broad SMARTS) is 1. The van der Waals surface area contributed by atoms with Crippen molar-refractivity contribution in [1.29, 1.82) is 0 Å². The van der Waals surface area contributed by atoms with Crippen molar-refractivity contribution in [3.63, 3.8) is 0 Å². The normalized spacial score (nSPS) is 11.6. The number of hydrogen-bond donors (Lipinski definition) is 2. The molecule has 224 valence electrons. The maximum absolute atomic E-state index is 12.8. The van der Waals surface area contributed by atoms with E-state index in [-0.39, 0.29) is 28.0 Å². The minimum atomic E-state index is -4.47. The van der Waals surface area contributed by atoms with Gasteiger partial charge in [0, 0.05) is 30.4 Å². The van der Waals surface area contributed by atoms with E-state index in [0.717, 1.165) is 19.2 Å². The fourth-order valence-corrected chi connectivity index (χ4v) is 4.22. The van der Waals surface area contributed by atoms with Crippen LogP contribution in [0, 0.1) is 24.2 Å². The number of allylic oxidation sites excluding steroid dienone is 1. The molecule has 8 heteroatoms. The Morgan fingerprint density at radius 2 is 1.70 bits per heavy atom. The first kappa shape index (κ1) is 32.9. The number of aromatic nitrogens is 1. The summed E-state index contributed by atoms with van der Waals surface area (Å²) in [7, 11) is 2.14. The van der Waals surface area contributed by atoms with Gasteiger partial charge in [-0.3, -0.25) is 4.90 Å². The van der Waals surface area contributed by atoms with Gasteiger partial charge in [0.2, 0.25) is 0 Å². The van der Waals surface area contributed by atoms with Gasteiger partial charge in [0.25, 0.3) is 0 Å². The summed E-state index contributed by atoms with van der Waals surface area (Å²) in [6.45, 7) is 9.54. The van der Waals surface area contributed by atoms with E-state index in [2.05, 4.69) is 103 Å². The number of aromatic carboxylic acids is 1. The zero-order valence-electron chi connectivity index (χ0n) is 25.0. The number of hydrogen-bond acceptors (Lipinski definition) is 4. The van der Waals surface area contributed by atoms with E-state index in [1.165, 1.54) is 53.7 Å². The molecule has 0 saturated heterocycles. The summed E-state index contributed by atoms with van der Waals surface area (Å²) in [5.41, 5.74) is 0.682. The molecule has 0 unspecified atom stereocenters. The highest BCUT2D eigenvalue weighted by Crippen LogP contribution is 2.35. The van der Waals surface area contributed by atoms with Crippen LogP contribution in [0.3, 0.4) is 0 Å². The molecule has 0 fully saturated rings. The Labute approximate surface area is 251 Å². The van der Waals surface area contributed by atoms with Gasteiger partial charge in [-0.25, -0.2) is 9.78 Å². The maximum Gasteiger partial charge on any atom is 0.416 e. The van der Waals surface area contributed by atoms with Crippen LogP contribution in [0.5, 0.6) is 0 Å². The molecule has 4 rings (SSSR count). The van der Waals surface area contributed by atoms with Gasteiger partial charge in [0.1, 0.15) is 11.4 Å². The number of halogens is 3. The number of rotatable bonds is 7. The zero-order valence-corrected chi connectivity index (χ0v) is 25.0. The molecule has 0 aliphatic rings. The van der Waals surface area contributed by atoms with E-state index in [1.807, 2.05) is 6.08 Å². The third-order valence-electron chi connectivity index (χ3n) is 6.32. The lowest BCUT2D eigenvalue weighted by Crippen LogP contribution is -2.17. The summed E-state index contributed by atoms with van der Waals surface area (Å²) in [6.07, 6.45) is 0.980. The minimum absolute atomic E-state index is 0.00701. The van der Waals surface area contributed by atoms with Crippen LogP contribution in [0.1, 0.15) is 47.8 Å². The van der Waals surface area contributed by atoms with Gasteiger partial charge in [-0.1, -0.05) is 66.4 Å². The van der Waals surface area contributed by atoms with E-state index < -0.39 is 17.7 Å². The van der Waals surface area contributed by atoms with Crippen molar-refractivity contribution in [2.45, 2.75) is 40.4 Å². The van der Waals surface area contributed by atoms with Crippen LogP contribution < -0.4 is 5.32 Å². The third kappa shape index (κ3) is 10.0. The Balaban J connectivity index is 0.000000236. The number of nitrogens with zero attached hydrogens (tertiary/aromatic N) is 2. The Morgan fingerprint density at radius 3 is 2.40 bits per heavy atom. The molecule has 0 bridgehead atoms. The van der Waals surface area contributed by atoms with Crippen LogP contribution >= 0.6 is 0 Å². The Bertz CT molecular complexity index is 1640. The molecule has 0 saturated carbocycles. The van der Waals surface area contributed by atoms with Crippen molar-refractivity contribution in [3.05, 3.63) is 113 Å². The van der Waals surface area contributed by atoms with Crippen molar-refractivity contribution in [2.24, 2.45) is 5.41 Å². The number of pyridine rings is 1. The standard InChI is InChI=1S/C21H25N.C14H11F3N2O2/c1-21(2,3)15-8-5-9-16-22(4)17-19-13-10-12-18-11-6-7-14-20(18)19;1-8-10(14(15,16)17)5-2-6-11(8)19-12-9(13(20)21)4-3-7-18-12/h5-7,9-14H,16-17H2,1-4H3;2-7H,1H3,(H,18,19)(H,20,21)/b9-5+;. The predicted molar refractivity (Wildman–Crippen MR) is 167 cm³/mol. The van der Waals surface area contributed by atoms with Crippen molar-refractivity contribution in [1.82, 2.24) is 9.88 Å². The van der Waals surface area contributed by atoms with Crippen molar-refractivity contribution >= 4 is 28.2 Å². The van der Waals surface area contributed by atoms with Crippen LogP contribution in [0.25, 0.3) is 10.8 Å². The highest BCUT2D eigenvalue weighted by molar-refractivity contribution is 5.94. The molecule has 0 aliphatic carbocycles. The number of likely N-dealkylation sites (N-methyl/N-ethyl adjacent to an activating group) is 1. The first-order chi connectivity index (χ1) is 20.3. The lowest BCUT2D eigenvalue weighted by molar-refractivity contribution is -0.138. The molecular formula is C35H36F3N3O2. The molecule has 0 amide bonds. The number of anilines is 2. The second kappa shape index (κ2) is 14.5. The molecule has 0 aliphatic heterocycles. The van der Waals surface area contributed by atoms with E-state index in [0.29, 0.717) is 0 Å². The largest absolute Gasteiger partial charge is 0.478 e. The first-order valence-corrected chi connectivity index (χ1v) is 13.7. The lowest BCUT2D eigenvalue weighted by Gasteiger charge is -2.15. The highest BCUT2D eigenvalue weighted by atomic mass is 19.4. The number of fused-ring (bicyclic) bond motifs is 1. The summed E-state index contributed by atoms with van der Waals surface area (Å²) in [5.74, 6) is 5.11. The summed E-state index contributed by atoms with van der Waals surface area (Å²) in [4.78, 5) is 17.2. The number of nitrogens with one attached hydrogen (secondary N) is 1. The first-order valence-electron chi connectivity index (χ1n) is 13.7. The zero-order chi connectivity index (χ0) is 31.6. The SMILES string of the molecule is CN(C/C=C/C#CC(C)(C)C)Cc1cccc2ccccc12.Cc1c(Nc2ncccc2C(=O)O)cccc1C(F)(F)F. The van der Waals surface area contributed by atoms with Crippen LogP contribution in [-0.2, 0) is 12.7 Å². The second-order valence-electron chi connectivity index (χ2n) is 11.1. The fraction of sp³-hybridized carbons (Fsp3) is 0.257. The number of carbonyl (C=O) groups is 1. The quantitative estimate of drug-likeness (QED) is 0.212. The Morgan fingerprint density at radius 1 is 1.00 bits per heavy atom. The number of carboxylic acids is 1.